The van der Waals surface area contributed by atoms with E-state index in [1.807, 2.05) is 18.4 Å². The fourth-order valence-corrected chi connectivity index (χ4v) is 2.94. The zero-order valence-electron chi connectivity index (χ0n) is 12.4. The predicted octanol–water partition coefficient (Wildman–Crippen LogP) is 0.294. The standard InChI is InChI=1S/C14H21N5O2/c1-9(2)6-19-12-11(13(20)17-14(19)21)18(8-16-12)7-10-4-3-5-15-10/h8-10,15H,3-7H2,1-2H3,(H,17,20,21). The first kappa shape index (κ1) is 14.1. The first-order chi connectivity index (χ1) is 10.1. The van der Waals surface area contributed by atoms with E-state index in [1.54, 1.807) is 10.9 Å². The molecule has 1 aliphatic heterocycles. The first-order valence-corrected chi connectivity index (χ1v) is 7.47. The van der Waals surface area contributed by atoms with Crippen molar-refractivity contribution in [3.05, 3.63) is 27.2 Å². The highest BCUT2D eigenvalue weighted by Crippen LogP contribution is 2.12. The number of H-pyrrole nitrogens is 1. The molecule has 1 unspecified atom stereocenters. The number of hydrogen-bond acceptors (Lipinski definition) is 4. The summed E-state index contributed by atoms with van der Waals surface area (Å²) in [6.07, 6.45) is 3.92. The minimum atomic E-state index is -0.384. The van der Waals surface area contributed by atoms with Crippen molar-refractivity contribution < 1.29 is 0 Å². The van der Waals surface area contributed by atoms with Gasteiger partial charge in [0.25, 0.3) is 5.56 Å². The van der Waals surface area contributed by atoms with Gasteiger partial charge in [-0.25, -0.2) is 9.78 Å². The van der Waals surface area contributed by atoms with Gasteiger partial charge in [0.15, 0.2) is 11.2 Å². The quantitative estimate of drug-likeness (QED) is 0.848. The molecule has 0 saturated carbocycles. The SMILES string of the molecule is CC(C)Cn1c(=O)[nH]c(=O)c2c1ncn2CC1CCCN1. The van der Waals surface area contributed by atoms with Gasteiger partial charge in [0, 0.05) is 19.1 Å². The highest BCUT2D eigenvalue weighted by molar-refractivity contribution is 5.69. The van der Waals surface area contributed by atoms with Crippen LogP contribution in [0.4, 0.5) is 0 Å². The van der Waals surface area contributed by atoms with E-state index in [0.717, 1.165) is 19.4 Å². The largest absolute Gasteiger partial charge is 0.330 e. The molecule has 2 N–H and O–H groups in total. The second kappa shape index (κ2) is 5.48. The first-order valence-electron chi connectivity index (χ1n) is 7.47. The normalized spacial score (nSPS) is 18.9. The van der Waals surface area contributed by atoms with Crippen molar-refractivity contribution in [1.29, 1.82) is 0 Å². The van der Waals surface area contributed by atoms with Crippen molar-refractivity contribution in [3.8, 4) is 0 Å². The molecule has 0 spiro atoms. The van der Waals surface area contributed by atoms with Crippen LogP contribution in [0, 0.1) is 5.92 Å². The van der Waals surface area contributed by atoms with Crippen LogP contribution >= 0.6 is 0 Å². The van der Waals surface area contributed by atoms with Crippen molar-refractivity contribution in [2.24, 2.45) is 5.92 Å². The minimum absolute atomic E-state index is 0.304. The lowest BCUT2D eigenvalue weighted by Gasteiger charge is -2.12. The van der Waals surface area contributed by atoms with Crippen LogP contribution in [0.5, 0.6) is 0 Å². The fourth-order valence-electron chi connectivity index (χ4n) is 2.94. The topological polar surface area (TPSA) is 84.7 Å². The molecule has 0 radical (unpaired) electrons. The lowest BCUT2D eigenvalue weighted by atomic mass is 10.2. The predicted molar refractivity (Wildman–Crippen MR) is 80.5 cm³/mol. The summed E-state index contributed by atoms with van der Waals surface area (Å²) in [4.78, 5) is 30.9. The number of nitrogens with one attached hydrogen (secondary N) is 2. The summed E-state index contributed by atoms with van der Waals surface area (Å²) in [7, 11) is 0. The van der Waals surface area contributed by atoms with Gasteiger partial charge < -0.3 is 9.88 Å². The lowest BCUT2D eigenvalue weighted by Crippen LogP contribution is -2.33. The van der Waals surface area contributed by atoms with E-state index in [2.05, 4.69) is 15.3 Å². The molecule has 0 aromatic carbocycles. The molecule has 2 aromatic heterocycles. The molecule has 2 aromatic rings. The Hall–Kier alpha value is -1.89. The van der Waals surface area contributed by atoms with Crippen molar-refractivity contribution in [2.45, 2.75) is 45.8 Å². The monoisotopic (exact) mass is 291 g/mol. The van der Waals surface area contributed by atoms with Gasteiger partial charge in [-0.3, -0.25) is 14.3 Å². The lowest BCUT2D eigenvalue weighted by molar-refractivity contribution is 0.509. The highest BCUT2D eigenvalue weighted by Gasteiger charge is 2.19. The van der Waals surface area contributed by atoms with Crippen LogP contribution in [-0.4, -0.2) is 31.7 Å². The van der Waals surface area contributed by atoms with Crippen LogP contribution in [0.2, 0.25) is 0 Å². The van der Waals surface area contributed by atoms with Gasteiger partial charge in [-0.15, -0.1) is 0 Å². The van der Waals surface area contributed by atoms with Gasteiger partial charge in [-0.1, -0.05) is 13.8 Å². The molecule has 3 heterocycles. The van der Waals surface area contributed by atoms with Gasteiger partial charge >= 0.3 is 5.69 Å². The molecule has 1 fully saturated rings. The molecule has 114 valence electrons. The fraction of sp³-hybridized carbons (Fsp3) is 0.643. The minimum Gasteiger partial charge on any atom is -0.323 e. The Morgan fingerprint density at radius 2 is 2.24 bits per heavy atom. The summed E-state index contributed by atoms with van der Waals surface area (Å²) in [6.45, 7) is 6.33. The van der Waals surface area contributed by atoms with Crippen molar-refractivity contribution >= 4 is 11.2 Å². The second-order valence-corrected chi connectivity index (χ2v) is 6.13. The maximum absolute atomic E-state index is 12.1. The number of hydrogen-bond donors (Lipinski definition) is 2. The average molecular weight is 291 g/mol. The van der Waals surface area contributed by atoms with Crippen LogP contribution in [0.25, 0.3) is 11.2 Å². The molecule has 0 amide bonds. The van der Waals surface area contributed by atoms with Crippen molar-refractivity contribution in [3.63, 3.8) is 0 Å². The van der Waals surface area contributed by atoms with Crippen molar-refractivity contribution in [2.75, 3.05) is 6.54 Å². The zero-order valence-corrected chi connectivity index (χ0v) is 12.4. The van der Waals surface area contributed by atoms with E-state index in [4.69, 9.17) is 0 Å². The van der Waals surface area contributed by atoms with Crippen LogP contribution in [0.15, 0.2) is 15.9 Å². The highest BCUT2D eigenvalue weighted by atomic mass is 16.2. The van der Waals surface area contributed by atoms with E-state index in [-0.39, 0.29) is 11.2 Å². The number of nitrogens with zero attached hydrogens (tertiary/aromatic N) is 3. The number of imidazole rings is 1. The number of aromatic amines is 1. The maximum Gasteiger partial charge on any atom is 0.330 e. The zero-order chi connectivity index (χ0) is 15.0. The van der Waals surface area contributed by atoms with E-state index < -0.39 is 0 Å². The Kier molecular flexibility index (Phi) is 3.67. The smallest absolute Gasteiger partial charge is 0.323 e. The third-order valence-corrected chi connectivity index (χ3v) is 3.88. The summed E-state index contributed by atoms with van der Waals surface area (Å²) in [5.74, 6) is 0.304. The molecular weight excluding hydrogens is 270 g/mol. The Balaban J connectivity index is 2.07. The van der Waals surface area contributed by atoms with E-state index in [1.165, 1.54) is 0 Å². The molecule has 0 aliphatic carbocycles. The summed E-state index contributed by atoms with van der Waals surface area (Å²) in [6, 6.07) is 0.368. The average Bonchev–Trinajstić information content (AvgIpc) is 3.04. The molecule has 1 atom stereocenters. The van der Waals surface area contributed by atoms with Crippen LogP contribution in [0.3, 0.4) is 0 Å². The second-order valence-electron chi connectivity index (χ2n) is 6.13. The van der Waals surface area contributed by atoms with Crippen LogP contribution in [-0.2, 0) is 13.1 Å². The van der Waals surface area contributed by atoms with Gasteiger partial charge in [0.1, 0.15) is 0 Å². The maximum atomic E-state index is 12.1. The summed E-state index contributed by atoms with van der Waals surface area (Å²) < 4.78 is 3.41. The summed E-state index contributed by atoms with van der Waals surface area (Å²) in [5.41, 5.74) is 0.232. The van der Waals surface area contributed by atoms with E-state index in [0.29, 0.717) is 36.2 Å². The van der Waals surface area contributed by atoms with Gasteiger partial charge in [0.2, 0.25) is 0 Å². The van der Waals surface area contributed by atoms with Crippen LogP contribution < -0.4 is 16.6 Å². The number of aromatic nitrogens is 4. The van der Waals surface area contributed by atoms with Crippen LogP contribution in [0.1, 0.15) is 26.7 Å². The molecule has 0 bridgehead atoms. The molecule has 1 saturated heterocycles. The molecule has 21 heavy (non-hydrogen) atoms. The van der Waals surface area contributed by atoms with E-state index in [9.17, 15) is 9.59 Å². The molecular formula is C14H21N5O2. The molecule has 7 nitrogen and oxygen atoms in total. The molecule has 1 aliphatic rings. The Labute approximate surface area is 122 Å². The van der Waals surface area contributed by atoms with Crippen molar-refractivity contribution in [1.82, 2.24) is 24.4 Å². The molecule has 7 heteroatoms. The van der Waals surface area contributed by atoms with Gasteiger partial charge in [-0.05, 0) is 25.3 Å². The van der Waals surface area contributed by atoms with E-state index >= 15 is 0 Å². The van der Waals surface area contributed by atoms with Gasteiger partial charge in [-0.2, -0.15) is 0 Å². The summed E-state index contributed by atoms with van der Waals surface area (Å²) in [5, 5.41) is 3.41. The number of fused-ring (bicyclic) bond motifs is 1. The Bertz CT molecular complexity index is 749. The summed E-state index contributed by atoms with van der Waals surface area (Å²) >= 11 is 0. The Morgan fingerprint density at radius 1 is 1.43 bits per heavy atom. The Morgan fingerprint density at radius 3 is 2.90 bits per heavy atom. The third kappa shape index (κ3) is 2.65. The van der Waals surface area contributed by atoms with Gasteiger partial charge in [0.05, 0.1) is 6.33 Å². The third-order valence-electron chi connectivity index (χ3n) is 3.88. The number of rotatable bonds is 4. The molecule has 3 rings (SSSR count).